The standard InChI is InChI=1S/C22H21N3O5S/c1-14(30-20(26)11-10-15-6-5-7-16(12-15)25(28)29)21(27)24-22-18(13-23)17-8-3-2-4-9-19(17)31-22/h5-7,10-12,14H,2-4,8-9H2,1H3,(H,24,27)/b11-10+. The number of ether oxygens (including phenoxy) is 1. The Morgan fingerprint density at radius 1 is 1.32 bits per heavy atom. The maximum Gasteiger partial charge on any atom is 0.331 e. The van der Waals surface area contributed by atoms with Gasteiger partial charge < -0.3 is 10.1 Å². The molecule has 0 saturated heterocycles. The summed E-state index contributed by atoms with van der Waals surface area (Å²) >= 11 is 1.41. The quantitative estimate of drug-likeness (QED) is 0.234. The van der Waals surface area contributed by atoms with Gasteiger partial charge in [0.25, 0.3) is 11.6 Å². The zero-order chi connectivity index (χ0) is 22.4. The van der Waals surface area contributed by atoms with Crippen molar-refractivity contribution in [2.75, 3.05) is 5.32 Å². The van der Waals surface area contributed by atoms with Crippen molar-refractivity contribution in [3.05, 3.63) is 62.0 Å². The van der Waals surface area contributed by atoms with Gasteiger partial charge in [0.15, 0.2) is 6.10 Å². The Morgan fingerprint density at radius 2 is 2.10 bits per heavy atom. The van der Waals surface area contributed by atoms with Gasteiger partial charge in [-0.05, 0) is 49.8 Å². The van der Waals surface area contributed by atoms with Crippen molar-refractivity contribution in [2.24, 2.45) is 0 Å². The Bertz CT molecular complexity index is 1080. The van der Waals surface area contributed by atoms with Crippen LogP contribution in [-0.4, -0.2) is 22.9 Å². The molecule has 1 unspecified atom stereocenters. The Labute approximate surface area is 183 Å². The number of benzene rings is 1. The average molecular weight is 439 g/mol. The van der Waals surface area contributed by atoms with E-state index in [-0.39, 0.29) is 5.69 Å². The van der Waals surface area contributed by atoms with Crippen LogP contribution < -0.4 is 5.32 Å². The third kappa shape index (κ3) is 5.55. The van der Waals surface area contributed by atoms with Crippen LogP contribution in [-0.2, 0) is 27.2 Å². The number of fused-ring (bicyclic) bond motifs is 1. The minimum atomic E-state index is -1.07. The second kappa shape index (κ2) is 10.00. The first-order chi connectivity index (χ1) is 14.9. The van der Waals surface area contributed by atoms with Crippen LogP contribution in [0.3, 0.4) is 0 Å². The van der Waals surface area contributed by atoms with Crippen molar-refractivity contribution in [3.8, 4) is 6.07 Å². The van der Waals surface area contributed by atoms with Gasteiger partial charge in [-0.2, -0.15) is 5.26 Å². The van der Waals surface area contributed by atoms with E-state index in [1.54, 1.807) is 6.07 Å². The van der Waals surface area contributed by atoms with Crippen LogP contribution in [0.25, 0.3) is 6.08 Å². The van der Waals surface area contributed by atoms with Gasteiger partial charge in [-0.1, -0.05) is 18.6 Å². The maximum atomic E-state index is 12.5. The number of carbonyl (C=O) groups excluding carboxylic acids is 2. The summed E-state index contributed by atoms with van der Waals surface area (Å²) in [5.41, 5.74) is 1.89. The predicted octanol–water partition coefficient (Wildman–Crippen LogP) is 4.38. The van der Waals surface area contributed by atoms with Gasteiger partial charge in [-0.3, -0.25) is 14.9 Å². The van der Waals surface area contributed by atoms with Gasteiger partial charge in [0.2, 0.25) is 0 Å². The molecule has 0 fully saturated rings. The van der Waals surface area contributed by atoms with Gasteiger partial charge in [-0.25, -0.2) is 4.79 Å². The van der Waals surface area contributed by atoms with Crippen molar-refractivity contribution in [2.45, 2.75) is 45.1 Å². The predicted molar refractivity (Wildman–Crippen MR) is 117 cm³/mol. The summed E-state index contributed by atoms with van der Waals surface area (Å²) in [7, 11) is 0. The smallest absolute Gasteiger partial charge is 0.331 e. The van der Waals surface area contributed by atoms with Crippen LogP contribution in [0.15, 0.2) is 30.3 Å². The number of aryl methyl sites for hydroxylation is 1. The Morgan fingerprint density at radius 3 is 2.84 bits per heavy atom. The maximum absolute atomic E-state index is 12.5. The van der Waals surface area contributed by atoms with Gasteiger partial charge in [0, 0.05) is 23.1 Å². The Kier molecular flexibility index (Phi) is 7.15. The number of thiophene rings is 1. The minimum Gasteiger partial charge on any atom is -0.449 e. The molecule has 9 heteroatoms. The van der Waals surface area contributed by atoms with Crippen LogP contribution >= 0.6 is 11.3 Å². The molecule has 31 heavy (non-hydrogen) atoms. The number of hydrogen-bond acceptors (Lipinski definition) is 7. The van der Waals surface area contributed by atoms with E-state index in [9.17, 15) is 25.0 Å². The number of carbonyl (C=O) groups is 2. The van der Waals surface area contributed by atoms with Crippen molar-refractivity contribution in [3.63, 3.8) is 0 Å². The lowest BCUT2D eigenvalue weighted by molar-refractivity contribution is -0.384. The highest BCUT2D eigenvalue weighted by atomic mass is 32.1. The molecule has 1 aromatic carbocycles. The van der Waals surface area contributed by atoms with Crippen LogP contribution in [0.1, 0.15) is 47.8 Å². The SMILES string of the molecule is CC(OC(=O)/C=C/c1cccc([N+](=O)[O-])c1)C(=O)Nc1sc2c(c1C#N)CCCCC2. The van der Waals surface area contributed by atoms with Crippen LogP contribution in [0, 0.1) is 21.4 Å². The van der Waals surface area contributed by atoms with E-state index in [4.69, 9.17) is 4.74 Å². The normalized spacial score (nSPS) is 14.2. The number of non-ortho nitro benzene ring substituents is 1. The summed E-state index contributed by atoms with van der Waals surface area (Å²) in [6.45, 7) is 1.44. The third-order valence-electron chi connectivity index (χ3n) is 4.92. The van der Waals surface area contributed by atoms with Crippen LogP contribution in [0.5, 0.6) is 0 Å². The lowest BCUT2D eigenvalue weighted by Crippen LogP contribution is -2.29. The highest BCUT2D eigenvalue weighted by Gasteiger charge is 2.23. The minimum absolute atomic E-state index is 0.0918. The van der Waals surface area contributed by atoms with E-state index < -0.39 is 22.9 Å². The number of nitro groups is 1. The molecule has 0 radical (unpaired) electrons. The largest absolute Gasteiger partial charge is 0.449 e. The van der Waals surface area contributed by atoms with Gasteiger partial charge in [0.05, 0.1) is 10.5 Å². The van der Waals surface area contributed by atoms with Crippen molar-refractivity contribution >= 4 is 40.0 Å². The molecule has 0 bridgehead atoms. The van der Waals surface area contributed by atoms with E-state index in [1.165, 1.54) is 42.5 Å². The molecule has 1 aromatic heterocycles. The summed E-state index contributed by atoms with van der Waals surface area (Å²) in [4.78, 5) is 36.0. The lowest BCUT2D eigenvalue weighted by atomic mass is 10.1. The fourth-order valence-corrected chi connectivity index (χ4v) is 4.58. The summed E-state index contributed by atoms with van der Waals surface area (Å²) in [5.74, 6) is -1.28. The lowest BCUT2D eigenvalue weighted by Gasteiger charge is -2.11. The van der Waals surface area contributed by atoms with E-state index in [0.29, 0.717) is 16.1 Å². The molecular weight excluding hydrogens is 418 g/mol. The monoisotopic (exact) mass is 439 g/mol. The van der Waals surface area contributed by atoms with Crippen LogP contribution in [0.4, 0.5) is 10.7 Å². The number of nitrogens with zero attached hydrogens (tertiary/aromatic N) is 2. The summed E-state index contributed by atoms with van der Waals surface area (Å²) in [6.07, 6.45) is 6.37. The molecule has 1 heterocycles. The fourth-order valence-electron chi connectivity index (χ4n) is 3.34. The molecule has 1 amide bonds. The second-order valence-electron chi connectivity index (χ2n) is 7.13. The fraction of sp³-hybridized carbons (Fsp3) is 0.318. The zero-order valence-corrected chi connectivity index (χ0v) is 17.7. The molecular formula is C22H21N3O5S. The molecule has 1 aliphatic carbocycles. The Balaban J connectivity index is 1.62. The third-order valence-corrected chi connectivity index (χ3v) is 6.13. The van der Waals surface area contributed by atoms with Gasteiger partial charge >= 0.3 is 5.97 Å². The summed E-state index contributed by atoms with van der Waals surface area (Å²) < 4.78 is 5.13. The molecule has 0 spiro atoms. The molecule has 8 nitrogen and oxygen atoms in total. The van der Waals surface area contributed by atoms with E-state index in [1.807, 2.05) is 0 Å². The number of esters is 1. The number of nitro benzene ring substituents is 1. The van der Waals surface area contributed by atoms with E-state index in [2.05, 4.69) is 11.4 Å². The molecule has 1 aliphatic rings. The highest BCUT2D eigenvalue weighted by molar-refractivity contribution is 7.16. The van der Waals surface area contributed by atoms with Crippen LogP contribution in [0.2, 0.25) is 0 Å². The molecule has 0 aliphatic heterocycles. The number of nitriles is 1. The number of hydrogen-bond donors (Lipinski definition) is 1. The average Bonchev–Trinajstić information content (AvgIpc) is 2.91. The topological polar surface area (TPSA) is 122 Å². The first-order valence-corrected chi connectivity index (χ1v) is 10.7. The summed E-state index contributed by atoms with van der Waals surface area (Å²) in [6, 6.07) is 7.99. The number of amides is 1. The number of nitrogens with one attached hydrogen (secondary N) is 1. The molecule has 160 valence electrons. The van der Waals surface area contributed by atoms with E-state index in [0.717, 1.165) is 48.6 Å². The molecule has 1 atom stereocenters. The summed E-state index contributed by atoms with van der Waals surface area (Å²) in [5, 5.41) is 23.6. The van der Waals surface area contributed by atoms with Crippen molar-refractivity contribution in [1.82, 2.24) is 0 Å². The van der Waals surface area contributed by atoms with Gasteiger partial charge in [0.1, 0.15) is 11.1 Å². The molecule has 0 saturated carbocycles. The van der Waals surface area contributed by atoms with E-state index >= 15 is 0 Å². The highest BCUT2D eigenvalue weighted by Crippen LogP contribution is 2.37. The van der Waals surface area contributed by atoms with Gasteiger partial charge in [-0.15, -0.1) is 11.3 Å². The second-order valence-corrected chi connectivity index (χ2v) is 8.24. The first kappa shape index (κ1) is 22.2. The molecule has 2 aromatic rings. The molecule has 1 N–H and O–H groups in total. The number of rotatable bonds is 6. The first-order valence-electron chi connectivity index (χ1n) is 9.87. The zero-order valence-electron chi connectivity index (χ0n) is 16.9. The number of anilines is 1. The molecule has 3 rings (SSSR count). The van der Waals surface area contributed by atoms with Crippen molar-refractivity contribution in [1.29, 1.82) is 5.26 Å². The Hall–Kier alpha value is -3.51. The van der Waals surface area contributed by atoms with Crippen molar-refractivity contribution < 1.29 is 19.2 Å².